The summed E-state index contributed by atoms with van der Waals surface area (Å²) in [7, 11) is 0. The van der Waals surface area contributed by atoms with E-state index in [1.165, 1.54) is 31.7 Å². The van der Waals surface area contributed by atoms with Crippen LogP contribution in [0.2, 0.25) is 0 Å². The molecular weight excluding hydrogens is 217 g/mol. The Bertz CT molecular complexity index is 350. The maximum atomic E-state index is 13.6. The van der Waals surface area contributed by atoms with Crippen LogP contribution in [0.15, 0.2) is 24.3 Å². The molecule has 1 aromatic rings. The summed E-state index contributed by atoms with van der Waals surface area (Å²) >= 11 is 0. The fourth-order valence-electron chi connectivity index (χ4n) is 2.45. The first kappa shape index (κ1) is 12.5. The summed E-state index contributed by atoms with van der Waals surface area (Å²) in [5, 5.41) is 0. The van der Waals surface area contributed by atoms with Crippen LogP contribution >= 0.6 is 0 Å². The molecule has 2 rings (SSSR count). The van der Waals surface area contributed by atoms with Gasteiger partial charge in [-0.25, -0.2) is 4.39 Å². The molecule has 0 heterocycles. The minimum absolute atomic E-state index is 0.227. The first-order valence-corrected chi connectivity index (χ1v) is 6.37. The molecule has 2 nitrogen and oxygen atoms in total. The molecule has 1 aromatic carbocycles. The van der Waals surface area contributed by atoms with Crippen molar-refractivity contribution < 1.29 is 9.13 Å². The molecule has 1 fully saturated rings. The van der Waals surface area contributed by atoms with Gasteiger partial charge in [0.05, 0.1) is 12.7 Å². The highest BCUT2D eigenvalue weighted by Crippen LogP contribution is 2.27. The van der Waals surface area contributed by atoms with Crippen LogP contribution < -0.4 is 5.73 Å². The lowest BCUT2D eigenvalue weighted by molar-refractivity contribution is 0.0326. The summed E-state index contributed by atoms with van der Waals surface area (Å²) in [6.07, 6.45) is 4.74. The molecule has 0 bridgehead atoms. The van der Waals surface area contributed by atoms with E-state index in [1.54, 1.807) is 12.1 Å². The zero-order valence-electron chi connectivity index (χ0n) is 10.1. The zero-order valence-corrected chi connectivity index (χ0v) is 10.1. The van der Waals surface area contributed by atoms with Gasteiger partial charge < -0.3 is 10.5 Å². The number of benzene rings is 1. The Labute approximate surface area is 102 Å². The molecule has 1 aliphatic carbocycles. The Hall–Kier alpha value is -0.930. The van der Waals surface area contributed by atoms with E-state index in [2.05, 4.69) is 0 Å². The third-order valence-electron chi connectivity index (χ3n) is 3.47. The largest absolute Gasteiger partial charge is 0.372 e. The Balaban J connectivity index is 1.94. The van der Waals surface area contributed by atoms with E-state index in [9.17, 15) is 4.39 Å². The van der Waals surface area contributed by atoms with E-state index in [0.717, 1.165) is 0 Å². The standard InChI is InChI=1S/C14H20FNO/c15-13-8-4-3-7-12(13)14(9-16)17-10-11-5-1-2-6-11/h3-4,7-8,11,14H,1-2,5-6,9-10,16H2. The first-order chi connectivity index (χ1) is 8.31. The van der Waals surface area contributed by atoms with Crippen molar-refractivity contribution in [3.05, 3.63) is 35.6 Å². The monoisotopic (exact) mass is 237 g/mol. The fraction of sp³-hybridized carbons (Fsp3) is 0.571. The second-order valence-corrected chi connectivity index (χ2v) is 4.73. The normalized spacial score (nSPS) is 18.5. The van der Waals surface area contributed by atoms with E-state index in [0.29, 0.717) is 24.6 Å². The summed E-state index contributed by atoms with van der Waals surface area (Å²) in [6, 6.07) is 6.71. The highest BCUT2D eigenvalue weighted by molar-refractivity contribution is 5.20. The zero-order chi connectivity index (χ0) is 12.1. The van der Waals surface area contributed by atoms with Gasteiger partial charge in [-0.2, -0.15) is 0 Å². The molecule has 0 saturated heterocycles. The van der Waals surface area contributed by atoms with Crippen LogP contribution in [0.25, 0.3) is 0 Å². The molecule has 17 heavy (non-hydrogen) atoms. The highest BCUT2D eigenvalue weighted by atomic mass is 19.1. The summed E-state index contributed by atoms with van der Waals surface area (Å²) in [5.74, 6) is 0.408. The van der Waals surface area contributed by atoms with E-state index < -0.39 is 0 Å². The van der Waals surface area contributed by atoms with Gasteiger partial charge in [-0.15, -0.1) is 0 Å². The number of halogens is 1. The lowest BCUT2D eigenvalue weighted by Gasteiger charge is -2.19. The van der Waals surface area contributed by atoms with Crippen molar-refractivity contribution in [1.82, 2.24) is 0 Å². The van der Waals surface area contributed by atoms with Crippen LogP contribution in [0.1, 0.15) is 37.4 Å². The van der Waals surface area contributed by atoms with Crippen LogP contribution in [0, 0.1) is 11.7 Å². The van der Waals surface area contributed by atoms with Crippen LogP contribution in [0.4, 0.5) is 4.39 Å². The molecule has 0 spiro atoms. The number of ether oxygens (including phenoxy) is 1. The van der Waals surface area contributed by atoms with Gasteiger partial charge in [0.2, 0.25) is 0 Å². The van der Waals surface area contributed by atoms with E-state index in [4.69, 9.17) is 10.5 Å². The van der Waals surface area contributed by atoms with Gasteiger partial charge in [-0.3, -0.25) is 0 Å². The Morgan fingerprint density at radius 3 is 2.65 bits per heavy atom. The van der Waals surface area contributed by atoms with Crippen molar-refractivity contribution in [3.8, 4) is 0 Å². The molecule has 0 aliphatic heterocycles. The van der Waals surface area contributed by atoms with Crippen LogP contribution in [-0.4, -0.2) is 13.2 Å². The van der Waals surface area contributed by atoms with Crippen LogP contribution in [0.3, 0.4) is 0 Å². The van der Waals surface area contributed by atoms with Gasteiger partial charge in [0.1, 0.15) is 5.82 Å². The van der Waals surface area contributed by atoms with Gasteiger partial charge in [0.25, 0.3) is 0 Å². The molecule has 0 amide bonds. The molecule has 1 atom stereocenters. The minimum Gasteiger partial charge on any atom is -0.372 e. The van der Waals surface area contributed by atoms with Crippen molar-refractivity contribution in [2.45, 2.75) is 31.8 Å². The van der Waals surface area contributed by atoms with Gasteiger partial charge in [-0.1, -0.05) is 31.0 Å². The van der Waals surface area contributed by atoms with Crippen molar-refractivity contribution >= 4 is 0 Å². The molecule has 0 radical (unpaired) electrons. The summed E-state index contributed by atoms with van der Waals surface area (Å²) in [6.45, 7) is 1.03. The Kier molecular flexibility index (Phi) is 4.51. The quantitative estimate of drug-likeness (QED) is 0.854. The van der Waals surface area contributed by atoms with E-state index >= 15 is 0 Å². The molecule has 94 valence electrons. The minimum atomic E-state index is -0.309. The fourth-order valence-corrected chi connectivity index (χ4v) is 2.45. The molecule has 3 heteroatoms. The lowest BCUT2D eigenvalue weighted by atomic mass is 10.1. The third kappa shape index (κ3) is 3.27. The molecule has 1 saturated carbocycles. The number of rotatable bonds is 5. The average Bonchev–Trinajstić information content (AvgIpc) is 2.85. The Morgan fingerprint density at radius 2 is 2.00 bits per heavy atom. The van der Waals surface area contributed by atoms with E-state index in [1.807, 2.05) is 6.07 Å². The number of hydrogen-bond donors (Lipinski definition) is 1. The summed E-state index contributed by atoms with van der Waals surface area (Å²) < 4.78 is 19.4. The maximum Gasteiger partial charge on any atom is 0.129 e. The van der Waals surface area contributed by atoms with Gasteiger partial charge in [-0.05, 0) is 24.8 Å². The SMILES string of the molecule is NCC(OCC1CCCC1)c1ccccc1F. The first-order valence-electron chi connectivity index (χ1n) is 6.37. The van der Waals surface area contributed by atoms with Crippen molar-refractivity contribution in [2.75, 3.05) is 13.2 Å². The van der Waals surface area contributed by atoms with Crippen molar-refractivity contribution in [1.29, 1.82) is 0 Å². The molecular formula is C14H20FNO. The average molecular weight is 237 g/mol. The topological polar surface area (TPSA) is 35.2 Å². The van der Waals surface area contributed by atoms with E-state index in [-0.39, 0.29) is 11.9 Å². The van der Waals surface area contributed by atoms with Gasteiger partial charge in [0.15, 0.2) is 0 Å². The number of hydrogen-bond acceptors (Lipinski definition) is 2. The summed E-state index contributed by atoms with van der Waals surface area (Å²) in [4.78, 5) is 0. The lowest BCUT2D eigenvalue weighted by Crippen LogP contribution is -2.19. The molecule has 2 N–H and O–H groups in total. The predicted molar refractivity (Wildman–Crippen MR) is 66.1 cm³/mol. The number of nitrogens with two attached hydrogens (primary N) is 1. The highest BCUT2D eigenvalue weighted by Gasteiger charge is 2.19. The third-order valence-corrected chi connectivity index (χ3v) is 3.47. The van der Waals surface area contributed by atoms with Crippen LogP contribution in [-0.2, 0) is 4.74 Å². The molecule has 0 aromatic heterocycles. The smallest absolute Gasteiger partial charge is 0.129 e. The van der Waals surface area contributed by atoms with Gasteiger partial charge in [0, 0.05) is 12.1 Å². The van der Waals surface area contributed by atoms with Crippen molar-refractivity contribution in [3.63, 3.8) is 0 Å². The van der Waals surface area contributed by atoms with Crippen LogP contribution in [0.5, 0.6) is 0 Å². The van der Waals surface area contributed by atoms with Crippen molar-refractivity contribution in [2.24, 2.45) is 11.7 Å². The predicted octanol–water partition coefficient (Wildman–Crippen LogP) is 3.03. The Morgan fingerprint density at radius 1 is 1.29 bits per heavy atom. The molecule has 1 unspecified atom stereocenters. The second kappa shape index (κ2) is 6.12. The van der Waals surface area contributed by atoms with Gasteiger partial charge >= 0.3 is 0 Å². The maximum absolute atomic E-state index is 13.6. The summed E-state index contributed by atoms with van der Waals surface area (Å²) in [5.41, 5.74) is 6.24. The second-order valence-electron chi connectivity index (χ2n) is 4.73. The molecule has 1 aliphatic rings.